The van der Waals surface area contributed by atoms with Crippen LogP contribution >= 0.6 is 11.3 Å². The summed E-state index contributed by atoms with van der Waals surface area (Å²) in [6.07, 6.45) is 0. The molecule has 3 aromatic rings. The predicted octanol–water partition coefficient (Wildman–Crippen LogP) is 4.04. The average molecular weight is 337 g/mol. The van der Waals surface area contributed by atoms with Crippen molar-refractivity contribution in [3.8, 4) is 0 Å². The molecule has 0 saturated carbocycles. The number of carbonyl (C=O) groups is 1. The molecule has 3 rings (SSSR count). The van der Waals surface area contributed by atoms with Gasteiger partial charge in [0.25, 0.3) is 0 Å². The van der Waals surface area contributed by atoms with Crippen LogP contribution in [0.25, 0.3) is 10.2 Å². The highest BCUT2D eigenvalue weighted by Gasteiger charge is 2.12. The maximum atomic E-state index is 13.5. The van der Waals surface area contributed by atoms with Crippen LogP contribution in [-0.2, 0) is 6.54 Å². The van der Waals surface area contributed by atoms with Crippen LogP contribution in [-0.4, -0.2) is 11.0 Å². The van der Waals surface area contributed by atoms with Gasteiger partial charge in [-0.25, -0.2) is 22.9 Å². The molecule has 1 aromatic heterocycles. The van der Waals surface area contributed by atoms with Gasteiger partial charge < -0.3 is 5.32 Å². The van der Waals surface area contributed by atoms with Crippen LogP contribution in [0.4, 0.5) is 23.1 Å². The summed E-state index contributed by atoms with van der Waals surface area (Å²) in [6.45, 7) is 0.194. The monoisotopic (exact) mass is 337 g/mol. The molecule has 0 aliphatic rings. The normalized spacial score (nSPS) is 10.7. The molecule has 0 spiro atoms. The molecule has 23 heavy (non-hydrogen) atoms. The lowest BCUT2D eigenvalue weighted by Crippen LogP contribution is -2.28. The van der Waals surface area contributed by atoms with Crippen molar-refractivity contribution in [3.05, 3.63) is 59.4 Å². The predicted molar refractivity (Wildman–Crippen MR) is 81.8 cm³/mol. The van der Waals surface area contributed by atoms with Gasteiger partial charge in [-0.05, 0) is 23.8 Å². The van der Waals surface area contributed by atoms with Crippen LogP contribution in [0.3, 0.4) is 0 Å². The highest BCUT2D eigenvalue weighted by Crippen LogP contribution is 2.28. The summed E-state index contributed by atoms with van der Waals surface area (Å²) in [5, 5.41) is 5.17. The largest absolute Gasteiger partial charge is 0.334 e. The number of hydrogen-bond donors (Lipinski definition) is 2. The Morgan fingerprint density at radius 3 is 2.57 bits per heavy atom. The molecule has 0 aliphatic heterocycles. The number of fused-ring (bicyclic) bond motifs is 1. The smallest absolute Gasteiger partial charge is 0.321 e. The first-order chi connectivity index (χ1) is 11.0. The lowest BCUT2D eigenvalue weighted by atomic mass is 10.2. The van der Waals surface area contributed by atoms with Crippen molar-refractivity contribution < 1.29 is 18.0 Å². The van der Waals surface area contributed by atoms with E-state index in [0.717, 1.165) is 29.0 Å². The van der Waals surface area contributed by atoms with Crippen molar-refractivity contribution in [1.82, 2.24) is 10.3 Å². The van der Waals surface area contributed by atoms with E-state index in [1.165, 1.54) is 12.1 Å². The number of amides is 2. The molecule has 8 heteroatoms. The van der Waals surface area contributed by atoms with Gasteiger partial charge in [-0.3, -0.25) is 5.32 Å². The summed E-state index contributed by atoms with van der Waals surface area (Å²) in [5.41, 5.74) is 0.726. The van der Waals surface area contributed by atoms with Crippen LogP contribution < -0.4 is 10.6 Å². The van der Waals surface area contributed by atoms with E-state index >= 15 is 0 Å². The molecular formula is C15H10F3N3OS. The number of thiazole rings is 1. The second kappa shape index (κ2) is 6.25. The second-order valence-corrected chi connectivity index (χ2v) is 5.72. The fourth-order valence-corrected chi connectivity index (χ4v) is 2.84. The SMILES string of the molecule is O=C(NCc1ccc(F)cc1)Nc1nc2c(F)cc(F)cc2s1. The molecule has 0 unspecified atom stereocenters. The summed E-state index contributed by atoms with van der Waals surface area (Å²) in [6, 6.07) is 7.02. The molecular weight excluding hydrogens is 327 g/mol. The second-order valence-electron chi connectivity index (χ2n) is 4.69. The van der Waals surface area contributed by atoms with Crippen LogP contribution in [0.2, 0.25) is 0 Å². The van der Waals surface area contributed by atoms with E-state index in [-0.39, 0.29) is 23.0 Å². The minimum Gasteiger partial charge on any atom is -0.334 e. The number of nitrogens with zero attached hydrogens (tertiary/aromatic N) is 1. The van der Waals surface area contributed by atoms with Crippen LogP contribution in [0.5, 0.6) is 0 Å². The van der Waals surface area contributed by atoms with Gasteiger partial charge in [0.2, 0.25) is 0 Å². The van der Waals surface area contributed by atoms with E-state index in [9.17, 15) is 18.0 Å². The Morgan fingerprint density at radius 1 is 1.09 bits per heavy atom. The average Bonchev–Trinajstić information content (AvgIpc) is 2.89. The van der Waals surface area contributed by atoms with Gasteiger partial charge in [-0.1, -0.05) is 23.5 Å². The van der Waals surface area contributed by atoms with E-state index < -0.39 is 17.7 Å². The van der Waals surface area contributed by atoms with Gasteiger partial charge in [0.05, 0.1) is 4.70 Å². The first-order valence-electron chi connectivity index (χ1n) is 6.56. The van der Waals surface area contributed by atoms with Crippen molar-refractivity contribution in [2.75, 3.05) is 5.32 Å². The Labute approximate surface area is 133 Å². The number of urea groups is 1. The molecule has 0 bridgehead atoms. The Hall–Kier alpha value is -2.61. The topological polar surface area (TPSA) is 54.0 Å². The number of anilines is 1. The molecule has 0 fully saturated rings. The minimum atomic E-state index is -0.781. The number of aromatic nitrogens is 1. The Kier molecular flexibility index (Phi) is 4.16. The van der Waals surface area contributed by atoms with Crippen LogP contribution in [0.1, 0.15) is 5.56 Å². The van der Waals surface area contributed by atoms with E-state index in [2.05, 4.69) is 15.6 Å². The Morgan fingerprint density at radius 2 is 1.83 bits per heavy atom. The maximum Gasteiger partial charge on any atom is 0.321 e. The summed E-state index contributed by atoms with van der Waals surface area (Å²) >= 11 is 0.965. The fourth-order valence-electron chi connectivity index (χ4n) is 1.94. The van der Waals surface area contributed by atoms with E-state index in [1.54, 1.807) is 12.1 Å². The number of benzene rings is 2. The zero-order valence-electron chi connectivity index (χ0n) is 11.6. The van der Waals surface area contributed by atoms with Crippen molar-refractivity contribution in [3.63, 3.8) is 0 Å². The van der Waals surface area contributed by atoms with Gasteiger partial charge >= 0.3 is 6.03 Å². The lowest BCUT2D eigenvalue weighted by Gasteiger charge is -2.05. The summed E-state index contributed by atoms with van der Waals surface area (Å²) in [5.74, 6) is -1.84. The molecule has 2 aromatic carbocycles. The van der Waals surface area contributed by atoms with Gasteiger partial charge in [0, 0.05) is 12.6 Å². The number of halogens is 3. The zero-order chi connectivity index (χ0) is 16.4. The number of nitrogens with one attached hydrogen (secondary N) is 2. The van der Waals surface area contributed by atoms with Crippen LogP contribution in [0.15, 0.2) is 36.4 Å². The van der Waals surface area contributed by atoms with Crippen LogP contribution in [0, 0.1) is 17.5 Å². The van der Waals surface area contributed by atoms with Gasteiger partial charge in [0.1, 0.15) is 17.2 Å². The van der Waals surface area contributed by atoms with Crippen molar-refractivity contribution >= 4 is 32.7 Å². The number of rotatable bonds is 3. The van der Waals surface area contributed by atoms with Crippen molar-refractivity contribution in [2.24, 2.45) is 0 Å². The third-order valence-corrected chi connectivity index (χ3v) is 3.92. The maximum absolute atomic E-state index is 13.5. The Balaban J connectivity index is 1.65. The van der Waals surface area contributed by atoms with E-state index in [0.29, 0.717) is 4.70 Å². The Bertz CT molecular complexity index is 864. The molecule has 0 atom stereocenters. The minimum absolute atomic E-state index is 0.00485. The van der Waals surface area contributed by atoms with E-state index in [4.69, 9.17) is 0 Å². The molecule has 0 radical (unpaired) electrons. The highest BCUT2D eigenvalue weighted by molar-refractivity contribution is 7.22. The fraction of sp³-hybridized carbons (Fsp3) is 0.0667. The standard InChI is InChI=1S/C15H10F3N3OS/c16-9-3-1-8(2-4-9)7-19-14(22)21-15-20-13-11(18)5-10(17)6-12(13)23-15/h1-6H,7H2,(H2,19,20,21,22). The first kappa shape index (κ1) is 15.3. The van der Waals surface area contributed by atoms with E-state index in [1.807, 2.05) is 0 Å². The first-order valence-corrected chi connectivity index (χ1v) is 7.38. The third kappa shape index (κ3) is 3.59. The molecule has 2 amide bonds. The molecule has 118 valence electrons. The van der Waals surface area contributed by atoms with Gasteiger partial charge in [-0.15, -0.1) is 0 Å². The summed E-state index contributed by atoms with van der Waals surface area (Å²) < 4.78 is 39.7. The number of hydrogen-bond acceptors (Lipinski definition) is 3. The third-order valence-electron chi connectivity index (χ3n) is 3.00. The molecule has 2 N–H and O–H groups in total. The number of carbonyl (C=O) groups excluding carboxylic acids is 1. The summed E-state index contributed by atoms with van der Waals surface area (Å²) in [4.78, 5) is 15.7. The summed E-state index contributed by atoms with van der Waals surface area (Å²) in [7, 11) is 0. The van der Waals surface area contributed by atoms with Crippen molar-refractivity contribution in [1.29, 1.82) is 0 Å². The van der Waals surface area contributed by atoms with Crippen molar-refractivity contribution in [2.45, 2.75) is 6.54 Å². The van der Waals surface area contributed by atoms with Gasteiger partial charge in [0.15, 0.2) is 10.9 Å². The van der Waals surface area contributed by atoms with Gasteiger partial charge in [-0.2, -0.15) is 0 Å². The molecule has 4 nitrogen and oxygen atoms in total. The molecule has 0 saturated heterocycles. The quantitative estimate of drug-likeness (QED) is 0.758. The molecule has 0 aliphatic carbocycles. The lowest BCUT2D eigenvalue weighted by molar-refractivity contribution is 0.251. The zero-order valence-corrected chi connectivity index (χ0v) is 12.4. The highest BCUT2D eigenvalue weighted by atomic mass is 32.1. The molecule has 1 heterocycles.